The van der Waals surface area contributed by atoms with Gasteiger partial charge in [-0.15, -0.1) is 0 Å². The van der Waals surface area contributed by atoms with E-state index in [4.69, 9.17) is 5.11 Å². The Morgan fingerprint density at radius 3 is 2.74 bits per heavy atom. The highest BCUT2D eigenvalue weighted by Gasteiger charge is 2.28. The molecule has 0 spiro atoms. The van der Waals surface area contributed by atoms with Crippen molar-refractivity contribution in [1.82, 2.24) is 10.6 Å². The van der Waals surface area contributed by atoms with Crippen LogP contribution in [0.4, 0.5) is 0 Å². The molecule has 1 heterocycles. The fraction of sp³-hybridized carbons (Fsp3) is 0.857. The van der Waals surface area contributed by atoms with Crippen LogP contribution in [0.25, 0.3) is 0 Å². The normalized spacial score (nSPS) is 31.7. The Bertz CT molecular complexity index is 327. The third kappa shape index (κ3) is 4.49. The van der Waals surface area contributed by atoms with Crippen LogP contribution in [0.5, 0.6) is 0 Å². The van der Waals surface area contributed by atoms with Gasteiger partial charge in [-0.1, -0.05) is 6.42 Å². The predicted molar refractivity (Wildman–Crippen MR) is 71.7 cm³/mol. The minimum Gasteiger partial charge on any atom is -0.481 e. The fourth-order valence-corrected chi connectivity index (χ4v) is 3.19. The highest BCUT2D eigenvalue weighted by Crippen LogP contribution is 2.24. The molecule has 2 aliphatic rings. The highest BCUT2D eigenvalue weighted by molar-refractivity contribution is 5.77. The second-order valence-corrected chi connectivity index (χ2v) is 5.88. The maximum atomic E-state index is 12.0. The van der Waals surface area contributed by atoms with Gasteiger partial charge in [0.05, 0.1) is 5.92 Å². The standard InChI is InChI=1S/C14H24N2O3/c17-13(7-10-3-2-6-15-9-10)16-12-5-1-4-11(8-12)14(18)19/h10-12,15H,1-9H2,(H,16,17)(H,18,19). The van der Waals surface area contributed by atoms with Crippen LogP contribution >= 0.6 is 0 Å². The lowest BCUT2D eigenvalue weighted by molar-refractivity contribution is -0.143. The summed E-state index contributed by atoms with van der Waals surface area (Å²) in [4.78, 5) is 23.0. The number of aliphatic carboxylic acids is 1. The first-order valence-corrected chi connectivity index (χ1v) is 7.38. The van der Waals surface area contributed by atoms with Crippen molar-refractivity contribution in [3.8, 4) is 0 Å². The quantitative estimate of drug-likeness (QED) is 0.714. The van der Waals surface area contributed by atoms with Crippen molar-refractivity contribution in [2.75, 3.05) is 13.1 Å². The molecular weight excluding hydrogens is 244 g/mol. The van der Waals surface area contributed by atoms with Crippen molar-refractivity contribution in [3.05, 3.63) is 0 Å². The van der Waals surface area contributed by atoms with Crippen LogP contribution in [-0.2, 0) is 9.59 Å². The topological polar surface area (TPSA) is 78.4 Å². The minimum atomic E-state index is -0.726. The number of carbonyl (C=O) groups excluding carboxylic acids is 1. The Kier molecular flexibility index (Phi) is 5.19. The molecular formula is C14H24N2O3. The van der Waals surface area contributed by atoms with E-state index in [1.165, 1.54) is 0 Å². The van der Waals surface area contributed by atoms with Crippen LogP contribution in [0.3, 0.4) is 0 Å². The molecule has 0 bridgehead atoms. The summed E-state index contributed by atoms with van der Waals surface area (Å²) in [7, 11) is 0. The number of nitrogens with one attached hydrogen (secondary N) is 2. The molecule has 2 rings (SSSR count). The SMILES string of the molecule is O=C(CC1CCCNC1)NC1CCCC(C(=O)O)C1. The molecule has 3 N–H and O–H groups in total. The molecule has 5 nitrogen and oxygen atoms in total. The second kappa shape index (κ2) is 6.89. The van der Waals surface area contributed by atoms with Crippen LogP contribution in [0.1, 0.15) is 44.9 Å². The van der Waals surface area contributed by atoms with Gasteiger partial charge in [-0.2, -0.15) is 0 Å². The maximum Gasteiger partial charge on any atom is 0.306 e. The Balaban J connectivity index is 1.73. The molecule has 108 valence electrons. The Morgan fingerprint density at radius 2 is 2.05 bits per heavy atom. The summed E-state index contributed by atoms with van der Waals surface area (Å²) in [6, 6.07) is 0.0545. The molecule has 1 aliphatic carbocycles. The molecule has 0 aromatic carbocycles. The number of carbonyl (C=O) groups is 2. The Hall–Kier alpha value is -1.10. The summed E-state index contributed by atoms with van der Waals surface area (Å²) in [6.07, 6.45) is 5.97. The van der Waals surface area contributed by atoms with Crippen LogP contribution in [0.15, 0.2) is 0 Å². The summed E-state index contributed by atoms with van der Waals surface area (Å²) in [5, 5.41) is 15.4. The van der Waals surface area contributed by atoms with Crippen LogP contribution < -0.4 is 10.6 Å². The fourth-order valence-electron chi connectivity index (χ4n) is 3.19. The predicted octanol–water partition coefficient (Wildman–Crippen LogP) is 1.14. The van der Waals surface area contributed by atoms with E-state index in [0.29, 0.717) is 18.8 Å². The van der Waals surface area contributed by atoms with Gasteiger partial charge in [0.25, 0.3) is 0 Å². The zero-order valence-electron chi connectivity index (χ0n) is 11.4. The number of carboxylic acid groups (broad SMARTS) is 1. The van der Waals surface area contributed by atoms with E-state index in [1.807, 2.05) is 0 Å². The molecule has 2 fully saturated rings. The number of hydrogen-bond acceptors (Lipinski definition) is 3. The first-order chi connectivity index (χ1) is 9.15. The van der Waals surface area contributed by atoms with Crippen LogP contribution in [0, 0.1) is 11.8 Å². The molecule has 1 saturated carbocycles. The van der Waals surface area contributed by atoms with E-state index in [-0.39, 0.29) is 17.9 Å². The average molecular weight is 268 g/mol. The molecule has 1 saturated heterocycles. The van der Waals surface area contributed by atoms with E-state index in [9.17, 15) is 9.59 Å². The van der Waals surface area contributed by atoms with E-state index in [2.05, 4.69) is 10.6 Å². The summed E-state index contributed by atoms with van der Waals surface area (Å²) < 4.78 is 0. The molecule has 0 aromatic rings. The molecule has 5 heteroatoms. The largest absolute Gasteiger partial charge is 0.481 e. The third-order valence-electron chi connectivity index (χ3n) is 4.26. The van der Waals surface area contributed by atoms with Crippen molar-refractivity contribution >= 4 is 11.9 Å². The van der Waals surface area contributed by atoms with Crippen molar-refractivity contribution in [2.24, 2.45) is 11.8 Å². The smallest absolute Gasteiger partial charge is 0.306 e. The first kappa shape index (κ1) is 14.3. The van der Waals surface area contributed by atoms with E-state index >= 15 is 0 Å². The minimum absolute atomic E-state index is 0.0545. The summed E-state index contributed by atoms with van der Waals surface area (Å²) >= 11 is 0. The highest BCUT2D eigenvalue weighted by atomic mass is 16.4. The van der Waals surface area contributed by atoms with Crippen molar-refractivity contribution in [1.29, 1.82) is 0 Å². The molecule has 1 amide bonds. The average Bonchev–Trinajstić information content (AvgIpc) is 2.40. The molecule has 19 heavy (non-hydrogen) atoms. The first-order valence-electron chi connectivity index (χ1n) is 7.38. The Labute approximate surface area is 114 Å². The van der Waals surface area contributed by atoms with Gasteiger partial charge in [-0.25, -0.2) is 0 Å². The van der Waals surface area contributed by atoms with Gasteiger partial charge in [-0.05, 0) is 51.1 Å². The number of rotatable bonds is 4. The van der Waals surface area contributed by atoms with Gasteiger partial charge in [-0.3, -0.25) is 9.59 Å². The second-order valence-electron chi connectivity index (χ2n) is 5.88. The van der Waals surface area contributed by atoms with Gasteiger partial charge < -0.3 is 15.7 Å². The number of piperidine rings is 1. The van der Waals surface area contributed by atoms with Crippen LogP contribution in [-0.4, -0.2) is 36.1 Å². The molecule has 3 atom stereocenters. The molecule has 0 aromatic heterocycles. The lowest BCUT2D eigenvalue weighted by atomic mass is 9.85. The van der Waals surface area contributed by atoms with E-state index in [1.54, 1.807) is 0 Å². The van der Waals surface area contributed by atoms with Crippen LogP contribution in [0.2, 0.25) is 0 Å². The van der Waals surface area contributed by atoms with E-state index in [0.717, 1.165) is 45.2 Å². The molecule has 3 unspecified atom stereocenters. The molecule has 1 aliphatic heterocycles. The van der Waals surface area contributed by atoms with Crippen molar-refractivity contribution in [3.63, 3.8) is 0 Å². The zero-order chi connectivity index (χ0) is 13.7. The van der Waals surface area contributed by atoms with Crippen molar-refractivity contribution in [2.45, 2.75) is 51.0 Å². The Morgan fingerprint density at radius 1 is 1.21 bits per heavy atom. The summed E-state index contributed by atoms with van der Waals surface area (Å²) in [5.41, 5.74) is 0. The summed E-state index contributed by atoms with van der Waals surface area (Å²) in [6.45, 7) is 1.98. The van der Waals surface area contributed by atoms with Gasteiger partial charge in [0.2, 0.25) is 5.91 Å². The lowest BCUT2D eigenvalue weighted by Crippen LogP contribution is -2.41. The molecule has 0 radical (unpaired) electrons. The monoisotopic (exact) mass is 268 g/mol. The zero-order valence-corrected chi connectivity index (χ0v) is 11.4. The van der Waals surface area contributed by atoms with Gasteiger partial charge >= 0.3 is 5.97 Å². The number of hydrogen-bond donors (Lipinski definition) is 3. The lowest BCUT2D eigenvalue weighted by Gasteiger charge is -2.28. The van der Waals surface area contributed by atoms with E-state index < -0.39 is 5.97 Å². The maximum absolute atomic E-state index is 12.0. The number of amides is 1. The van der Waals surface area contributed by atoms with Gasteiger partial charge in [0.15, 0.2) is 0 Å². The third-order valence-corrected chi connectivity index (χ3v) is 4.26. The summed E-state index contributed by atoms with van der Waals surface area (Å²) in [5.74, 6) is -0.483. The van der Waals surface area contributed by atoms with Gasteiger partial charge in [0, 0.05) is 12.5 Å². The van der Waals surface area contributed by atoms with Crippen molar-refractivity contribution < 1.29 is 14.7 Å². The van der Waals surface area contributed by atoms with Gasteiger partial charge in [0.1, 0.15) is 0 Å². The number of carboxylic acids is 1.